The van der Waals surface area contributed by atoms with Crippen molar-refractivity contribution in [2.75, 3.05) is 18.1 Å². The van der Waals surface area contributed by atoms with Gasteiger partial charge in [-0.2, -0.15) is 9.97 Å². The molecule has 0 saturated carbocycles. The number of hydrogen-bond donors (Lipinski definition) is 3. The van der Waals surface area contributed by atoms with Gasteiger partial charge < -0.3 is 25.9 Å². The monoisotopic (exact) mass is 249 g/mol. The van der Waals surface area contributed by atoms with Crippen molar-refractivity contribution in [3.8, 4) is 0 Å². The molecular weight excluding hydrogens is 234 g/mol. The molecular formula is C11H15N5O2. The van der Waals surface area contributed by atoms with Gasteiger partial charge in [0, 0.05) is 6.20 Å². The van der Waals surface area contributed by atoms with Crippen LogP contribution in [0.25, 0.3) is 11.0 Å². The minimum absolute atomic E-state index is 0.0367. The minimum Gasteiger partial charge on any atom is -0.394 e. The van der Waals surface area contributed by atoms with Crippen LogP contribution < -0.4 is 11.5 Å². The summed E-state index contributed by atoms with van der Waals surface area (Å²) in [5.74, 6) is 0.518. The summed E-state index contributed by atoms with van der Waals surface area (Å²) >= 11 is 0. The predicted octanol–water partition coefficient (Wildman–Crippen LogP) is 0.266. The van der Waals surface area contributed by atoms with Crippen LogP contribution in [0.2, 0.25) is 0 Å². The second-order valence-electron chi connectivity index (χ2n) is 4.40. The lowest BCUT2D eigenvalue weighted by Gasteiger charge is -2.14. The van der Waals surface area contributed by atoms with Gasteiger partial charge in [0.1, 0.15) is 17.7 Å². The molecule has 3 heterocycles. The highest BCUT2D eigenvalue weighted by molar-refractivity contribution is 5.87. The number of rotatable bonds is 2. The predicted molar refractivity (Wildman–Crippen MR) is 66.6 cm³/mol. The van der Waals surface area contributed by atoms with E-state index < -0.39 is 0 Å². The fraction of sp³-hybridized carbons (Fsp3) is 0.455. The van der Waals surface area contributed by atoms with E-state index in [1.165, 1.54) is 0 Å². The molecule has 18 heavy (non-hydrogen) atoms. The Morgan fingerprint density at radius 1 is 1.39 bits per heavy atom. The molecule has 96 valence electrons. The molecule has 1 aliphatic heterocycles. The third-order valence-corrected chi connectivity index (χ3v) is 3.22. The van der Waals surface area contributed by atoms with Crippen molar-refractivity contribution in [1.82, 2.24) is 14.5 Å². The largest absolute Gasteiger partial charge is 0.394 e. The number of anilines is 2. The van der Waals surface area contributed by atoms with Crippen molar-refractivity contribution >= 4 is 22.8 Å². The Hall–Kier alpha value is -1.86. The smallest absolute Gasteiger partial charge is 0.223 e. The van der Waals surface area contributed by atoms with E-state index in [2.05, 4.69) is 9.97 Å². The summed E-state index contributed by atoms with van der Waals surface area (Å²) in [4.78, 5) is 8.12. The van der Waals surface area contributed by atoms with Crippen LogP contribution in [-0.2, 0) is 4.74 Å². The maximum Gasteiger partial charge on any atom is 0.223 e. The summed E-state index contributed by atoms with van der Waals surface area (Å²) in [6, 6.07) is 1.85. The maximum atomic E-state index is 9.08. The van der Waals surface area contributed by atoms with Gasteiger partial charge in [-0.05, 0) is 18.9 Å². The Balaban J connectivity index is 2.03. The van der Waals surface area contributed by atoms with Gasteiger partial charge in [0.05, 0.1) is 18.1 Å². The Morgan fingerprint density at radius 2 is 2.22 bits per heavy atom. The lowest BCUT2D eigenvalue weighted by Crippen LogP contribution is -2.14. The van der Waals surface area contributed by atoms with Crippen molar-refractivity contribution < 1.29 is 9.84 Å². The number of nitrogens with two attached hydrogens (primary N) is 2. The molecule has 2 atom stereocenters. The average molecular weight is 249 g/mol. The van der Waals surface area contributed by atoms with Gasteiger partial charge >= 0.3 is 0 Å². The Kier molecular flexibility index (Phi) is 2.57. The number of nitrogens with zero attached hydrogens (tertiary/aromatic N) is 3. The average Bonchev–Trinajstić information content (AvgIpc) is 2.93. The van der Waals surface area contributed by atoms with Gasteiger partial charge in [-0.15, -0.1) is 0 Å². The van der Waals surface area contributed by atoms with Crippen molar-refractivity contribution in [1.29, 1.82) is 0 Å². The summed E-state index contributed by atoms with van der Waals surface area (Å²) in [6.45, 7) is 0.0367. The van der Waals surface area contributed by atoms with E-state index in [4.69, 9.17) is 21.3 Å². The molecule has 2 aromatic heterocycles. The molecule has 0 unspecified atom stereocenters. The molecule has 0 bridgehead atoms. The SMILES string of the molecule is Nc1nc(N)c2ccn([C@H]3CC[C@@H](CO)O3)c2n1. The lowest BCUT2D eigenvalue weighted by molar-refractivity contribution is -0.0204. The first kappa shape index (κ1) is 11.2. The van der Waals surface area contributed by atoms with E-state index in [1.54, 1.807) is 0 Å². The number of fused-ring (bicyclic) bond motifs is 1. The highest BCUT2D eigenvalue weighted by Gasteiger charge is 2.27. The fourth-order valence-electron chi connectivity index (χ4n) is 2.33. The van der Waals surface area contributed by atoms with E-state index in [1.807, 2.05) is 16.8 Å². The second kappa shape index (κ2) is 4.11. The van der Waals surface area contributed by atoms with Gasteiger partial charge in [-0.25, -0.2) is 0 Å². The normalized spacial score (nSPS) is 23.8. The number of aliphatic hydroxyl groups is 1. The number of aliphatic hydroxyl groups excluding tert-OH is 1. The molecule has 1 saturated heterocycles. The zero-order chi connectivity index (χ0) is 12.7. The summed E-state index contributed by atoms with van der Waals surface area (Å²) in [6.07, 6.45) is 3.28. The van der Waals surface area contributed by atoms with Gasteiger partial charge in [-0.3, -0.25) is 0 Å². The van der Waals surface area contributed by atoms with Crippen LogP contribution in [0.15, 0.2) is 12.3 Å². The first-order chi connectivity index (χ1) is 8.69. The summed E-state index contributed by atoms with van der Waals surface area (Å²) in [5, 5.41) is 9.85. The molecule has 0 spiro atoms. The number of nitrogen functional groups attached to an aromatic ring is 2. The van der Waals surface area contributed by atoms with Crippen LogP contribution in [0.3, 0.4) is 0 Å². The molecule has 7 nitrogen and oxygen atoms in total. The van der Waals surface area contributed by atoms with Crippen LogP contribution in [-0.4, -0.2) is 32.4 Å². The molecule has 0 aliphatic carbocycles. The molecule has 7 heteroatoms. The van der Waals surface area contributed by atoms with Gasteiger partial charge in [0.2, 0.25) is 5.95 Å². The lowest BCUT2D eigenvalue weighted by atomic mass is 10.2. The van der Waals surface area contributed by atoms with Gasteiger partial charge in [-0.1, -0.05) is 0 Å². The Bertz CT molecular complexity index is 582. The molecule has 1 aliphatic rings. The maximum absolute atomic E-state index is 9.08. The summed E-state index contributed by atoms with van der Waals surface area (Å²) in [5.41, 5.74) is 12.1. The fourth-order valence-corrected chi connectivity index (χ4v) is 2.33. The van der Waals surface area contributed by atoms with Crippen LogP contribution >= 0.6 is 0 Å². The van der Waals surface area contributed by atoms with Crippen molar-refractivity contribution in [3.63, 3.8) is 0 Å². The Labute approximate surface area is 103 Å². The van der Waals surface area contributed by atoms with Crippen LogP contribution in [0.1, 0.15) is 19.1 Å². The summed E-state index contributed by atoms with van der Waals surface area (Å²) < 4.78 is 7.60. The standard InChI is InChI=1S/C11H15N5O2/c12-9-7-3-4-16(10(7)15-11(13)14-9)8-2-1-6(5-17)18-8/h3-4,6,8,17H,1-2,5H2,(H4,12,13,14,15)/t6-,8+/m0/s1. The molecule has 5 N–H and O–H groups in total. The number of hydrogen-bond acceptors (Lipinski definition) is 6. The summed E-state index contributed by atoms with van der Waals surface area (Å²) in [7, 11) is 0. The highest BCUT2D eigenvalue weighted by atomic mass is 16.5. The van der Waals surface area contributed by atoms with Crippen LogP contribution in [0.4, 0.5) is 11.8 Å². The van der Waals surface area contributed by atoms with Crippen LogP contribution in [0.5, 0.6) is 0 Å². The highest BCUT2D eigenvalue weighted by Crippen LogP contribution is 2.32. The third kappa shape index (κ3) is 1.68. The first-order valence-electron chi connectivity index (χ1n) is 5.85. The molecule has 0 radical (unpaired) electrons. The van der Waals surface area contributed by atoms with E-state index in [9.17, 15) is 0 Å². The van der Waals surface area contributed by atoms with Crippen molar-refractivity contribution in [2.45, 2.75) is 25.2 Å². The second-order valence-corrected chi connectivity index (χ2v) is 4.40. The van der Waals surface area contributed by atoms with E-state index in [0.29, 0.717) is 11.5 Å². The molecule has 1 fully saturated rings. The molecule has 0 aromatic carbocycles. The van der Waals surface area contributed by atoms with E-state index >= 15 is 0 Å². The van der Waals surface area contributed by atoms with Gasteiger partial charge in [0.15, 0.2) is 0 Å². The minimum atomic E-state index is -0.131. The zero-order valence-corrected chi connectivity index (χ0v) is 9.78. The zero-order valence-electron chi connectivity index (χ0n) is 9.78. The number of ether oxygens (including phenoxy) is 1. The van der Waals surface area contributed by atoms with Crippen molar-refractivity contribution in [2.24, 2.45) is 0 Å². The molecule has 0 amide bonds. The molecule has 3 rings (SSSR count). The quantitative estimate of drug-likeness (QED) is 0.704. The van der Waals surface area contributed by atoms with E-state index in [-0.39, 0.29) is 24.9 Å². The number of aromatic nitrogens is 3. The third-order valence-electron chi connectivity index (χ3n) is 3.22. The van der Waals surface area contributed by atoms with Crippen molar-refractivity contribution in [3.05, 3.63) is 12.3 Å². The van der Waals surface area contributed by atoms with Crippen LogP contribution in [0, 0.1) is 0 Å². The topological polar surface area (TPSA) is 112 Å². The Morgan fingerprint density at radius 3 is 2.94 bits per heavy atom. The van der Waals surface area contributed by atoms with Gasteiger partial charge in [0.25, 0.3) is 0 Å². The molecule has 2 aromatic rings. The first-order valence-corrected chi connectivity index (χ1v) is 5.85. The van der Waals surface area contributed by atoms with E-state index in [0.717, 1.165) is 18.2 Å².